The number of fused-ring (bicyclic) bond motifs is 1. The van der Waals surface area contributed by atoms with Crippen molar-refractivity contribution in [2.24, 2.45) is 0 Å². The number of halogens is 2. The zero-order valence-corrected chi connectivity index (χ0v) is 11.2. The minimum atomic E-state index is -0.348. The predicted octanol–water partition coefficient (Wildman–Crippen LogP) is 3.49. The van der Waals surface area contributed by atoms with Crippen LogP contribution in [0.3, 0.4) is 0 Å². The van der Waals surface area contributed by atoms with Crippen molar-refractivity contribution >= 4 is 26.8 Å². The van der Waals surface area contributed by atoms with Gasteiger partial charge in [0.2, 0.25) is 0 Å². The smallest absolute Gasteiger partial charge is 0.259 e. The maximum Gasteiger partial charge on any atom is 0.259 e. The van der Waals surface area contributed by atoms with E-state index in [1.807, 2.05) is 6.07 Å². The molecule has 0 aliphatic rings. The van der Waals surface area contributed by atoms with E-state index in [0.717, 1.165) is 0 Å². The maximum absolute atomic E-state index is 13.1. The molecule has 0 spiro atoms. The molecule has 0 unspecified atom stereocenters. The second-order valence-electron chi connectivity index (χ2n) is 4.06. The van der Waals surface area contributed by atoms with Crippen LogP contribution < -0.4 is 5.56 Å². The van der Waals surface area contributed by atoms with Crippen molar-refractivity contribution in [3.63, 3.8) is 0 Å². The summed E-state index contributed by atoms with van der Waals surface area (Å²) in [4.78, 5) is 19.1. The summed E-state index contributed by atoms with van der Waals surface area (Å²) in [6.45, 7) is 0. The fourth-order valence-electron chi connectivity index (χ4n) is 1.90. The molecule has 1 N–H and O–H groups in total. The summed E-state index contributed by atoms with van der Waals surface area (Å²) < 4.78 is 13.6. The van der Waals surface area contributed by atoms with E-state index in [2.05, 4.69) is 25.9 Å². The van der Waals surface area contributed by atoms with Crippen molar-refractivity contribution in [1.29, 1.82) is 0 Å². The van der Waals surface area contributed by atoms with E-state index >= 15 is 0 Å². The van der Waals surface area contributed by atoms with Gasteiger partial charge in [-0.3, -0.25) is 4.79 Å². The first kappa shape index (κ1) is 12.0. The van der Waals surface area contributed by atoms with Gasteiger partial charge in [-0.05, 0) is 46.3 Å². The molecule has 3 nitrogen and oxygen atoms in total. The van der Waals surface area contributed by atoms with Gasteiger partial charge < -0.3 is 4.98 Å². The quantitative estimate of drug-likeness (QED) is 0.746. The molecule has 1 heterocycles. The average molecular weight is 319 g/mol. The van der Waals surface area contributed by atoms with Gasteiger partial charge in [0.1, 0.15) is 11.6 Å². The monoisotopic (exact) mass is 318 g/mol. The Balaban J connectivity index is 2.28. The van der Waals surface area contributed by atoms with E-state index in [-0.39, 0.29) is 11.4 Å². The Bertz CT molecular complexity index is 829. The molecule has 5 heteroatoms. The van der Waals surface area contributed by atoms with Crippen molar-refractivity contribution in [3.05, 3.63) is 63.1 Å². The van der Waals surface area contributed by atoms with E-state index in [1.165, 1.54) is 12.1 Å². The van der Waals surface area contributed by atoms with Crippen molar-refractivity contribution in [3.8, 4) is 11.4 Å². The van der Waals surface area contributed by atoms with Crippen LogP contribution in [-0.4, -0.2) is 9.97 Å². The molecule has 0 saturated heterocycles. The molecule has 2 aromatic carbocycles. The number of nitrogens with zero attached hydrogens (tertiary/aromatic N) is 1. The van der Waals surface area contributed by atoms with E-state index in [4.69, 9.17) is 0 Å². The molecule has 19 heavy (non-hydrogen) atoms. The van der Waals surface area contributed by atoms with Crippen molar-refractivity contribution in [2.75, 3.05) is 0 Å². The van der Waals surface area contributed by atoms with Gasteiger partial charge >= 0.3 is 0 Å². The van der Waals surface area contributed by atoms with Crippen LogP contribution in [-0.2, 0) is 0 Å². The molecule has 3 rings (SSSR count). The Labute approximate surface area is 116 Å². The van der Waals surface area contributed by atoms with Crippen molar-refractivity contribution < 1.29 is 4.39 Å². The summed E-state index contributed by atoms with van der Waals surface area (Å²) in [6.07, 6.45) is 0. The van der Waals surface area contributed by atoms with Crippen LogP contribution >= 0.6 is 15.9 Å². The first-order chi connectivity index (χ1) is 9.15. The number of aromatic nitrogens is 2. The van der Waals surface area contributed by atoms with Gasteiger partial charge in [0.15, 0.2) is 0 Å². The van der Waals surface area contributed by atoms with Crippen LogP contribution in [0.25, 0.3) is 22.3 Å². The second kappa shape index (κ2) is 4.59. The molecular formula is C14H8BrFN2O. The first-order valence-electron chi connectivity index (χ1n) is 5.59. The van der Waals surface area contributed by atoms with Gasteiger partial charge in [0.25, 0.3) is 5.56 Å². The first-order valence-corrected chi connectivity index (χ1v) is 6.39. The van der Waals surface area contributed by atoms with Gasteiger partial charge in [0.05, 0.1) is 10.9 Å². The SMILES string of the molecule is O=c1[nH]c(-c2ccc(F)cc2Br)nc2ccccc12. The molecule has 0 fully saturated rings. The molecule has 0 aliphatic heterocycles. The highest BCUT2D eigenvalue weighted by Gasteiger charge is 2.09. The second-order valence-corrected chi connectivity index (χ2v) is 4.91. The van der Waals surface area contributed by atoms with Crippen molar-refractivity contribution in [1.82, 2.24) is 9.97 Å². The van der Waals surface area contributed by atoms with E-state index in [0.29, 0.717) is 26.8 Å². The number of hydrogen-bond donors (Lipinski definition) is 1. The van der Waals surface area contributed by atoms with Crippen molar-refractivity contribution in [2.45, 2.75) is 0 Å². The van der Waals surface area contributed by atoms with E-state index in [9.17, 15) is 9.18 Å². The molecule has 0 amide bonds. The number of benzene rings is 2. The number of rotatable bonds is 1. The molecule has 1 aromatic heterocycles. The van der Waals surface area contributed by atoms with E-state index < -0.39 is 0 Å². The highest BCUT2D eigenvalue weighted by molar-refractivity contribution is 9.10. The molecular weight excluding hydrogens is 311 g/mol. The lowest BCUT2D eigenvalue weighted by atomic mass is 10.2. The Kier molecular flexibility index (Phi) is 2.91. The Morgan fingerprint density at radius 1 is 1.16 bits per heavy atom. The molecule has 0 atom stereocenters. The van der Waals surface area contributed by atoms with Gasteiger partial charge in [-0.2, -0.15) is 0 Å². The fourth-order valence-corrected chi connectivity index (χ4v) is 2.43. The summed E-state index contributed by atoms with van der Waals surface area (Å²) in [5.74, 6) is 0.0642. The third kappa shape index (κ3) is 2.17. The Morgan fingerprint density at radius 2 is 1.95 bits per heavy atom. The van der Waals surface area contributed by atoms with Crippen LogP contribution in [0.1, 0.15) is 0 Å². The summed E-state index contributed by atoms with van der Waals surface area (Å²) in [7, 11) is 0. The Morgan fingerprint density at radius 3 is 2.74 bits per heavy atom. The number of H-pyrrole nitrogens is 1. The highest BCUT2D eigenvalue weighted by atomic mass is 79.9. The largest absolute Gasteiger partial charge is 0.306 e. The lowest BCUT2D eigenvalue weighted by Gasteiger charge is -2.05. The predicted molar refractivity (Wildman–Crippen MR) is 75.5 cm³/mol. The third-order valence-electron chi connectivity index (χ3n) is 2.80. The number of aromatic amines is 1. The molecule has 3 aromatic rings. The van der Waals surface area contributed by atoms with Gasteiger partial charge in [-0.15, -0.1) is 0 Å². The lowest BCUT2D eigenvalue weighted by molar-refractivity contribution is 0.627. The van der Waals surface area contributed by atoms with E-state index in [1.54, 1.807) is 24.3 Å². The molecule has 0 saturated carbocycles. The van der Waals surface area contributed by atoms with Crippen LogP contribution in [0.4, 0.5) is 4.39 Å². The summed E-state index contributed by atoms with van der Waals surface area (Å²) >= 11 is 3.27. The lowest BCUT2D eigenvalue weighted by Crippen LogP contribution is -2.09. The minimum Gasteiger partial charge on any atom is -0.306 e. The van der Waals surface area contributed by atoms with Crippen LogP contribution in [0.5, 0.6) is 0 Å². The molecule has 0 bridgehead atoms. The topological polar surface area (TPSA) is 45.8 Å². The maximum atomic E-state index is 13.1. The fraction of sp³-hybridized carbons (Fsp3) is 0. The van der Waals surface area contributed by atoms with Gasteiger partial charge in [-0.25, -0.2) is 9.37 Å². The standard InChI is InChI=1S/C14H8BrFN2O/c15-11-7-8(16)5-6-9(11)13-17-12-4-2-1-3-10(12)14(19)18-13/h1-7H,(H,17,18,19). The van der Waals surface area contributed by atoms with Gasteiger partial charge in [-0.1, -0.05) is 12.1 Å². The average Bonchev–Trinajstić information content (AvgIpc) is 2.38. The summed E-state index contributed by atoms with van der Waals surface area (Å²) in [5.41, 5.74) is 1.04. The molecule has 0 radical (unpaired) electrons. The summed E-state index contributed by atoms with van der Waals surface area (Å²) in [5, 5.41) is 0.532. The molecule has 0 aliphatic carbocycles. The number of nitrogens with one attached hydrogen (secondary N) is 1. The zero-order valence-electron chi connectivity index (χ0n) is 9.65. The number of hydrogen-bond acceptors (Lipinski definition) is 2. The van der Waals surface area contributed by atoms with Crippen LogP contribution in [0.15, 0.2) is 51.7 Å². The number of para-hydroxylation sites is 1. The zero-order chi connectivity index (χ0) is 13.4. The Hall–Kier alpha value is -2.01. The minimum absolute atomic E-state index is 0.211. The summed E-state index contributed by atoms with van der Waals surface area (Å²) in [6, 6.07) is 11.3. The third-order valence-corrected chi connectivity index (χ3v) is 3.46. The van der Waals surface area contributed by atoms with Crippen LogP contribution in [0, 0.1) is 5.82 Å². The van der Waals surface area contributed by atoms with Crippen LogP contribution in [0.2, 0.25) is 0 Å². The normalized spacial score (nSPS) is 10.8. The highest BCUT2D eigenvalue weighted by Crippen LogP contribution is 2.26. The van der Waals surface area contributed by atoms with Gasteiger partial charge in [0, 0.05) is 10.0 Å². The molecule has 94 valence electrons.